The summed E-state index contributed by atoms with van der Waals surface area (Å²) in [4.78, 5) is 33.5. The third-order valence-corrected chi connectivity index (χ3v) is 2.73. The number of carbonyl (C=O) groups excluding carboxylic acids is 1. The van der Waals surface area contributed by atoms with Crippen molar-refractivity contribution in [2.24, 2.45) is 0 Å². The van der Waals surface area contributed by atoms with E-state index in [1.54, 1.807) is 6.92 Å². The highest BCUT2D eigenvalue weighted by atomic mass is 16.6. The van der Waals surface area contributed by atoms with Gasteiger partial charge < -0.3 is 13.7 Å². The number of ether oxygens (including phenoxy) is 1. The molecule has 0 radical (unpaired) electrons. The van der Waals surface area contributed by atoms with E-state index in [0.29, 0.717) is 0 Å². The molecule has 0 aliphatic carbocycles. The van der Waals surface area contributed by atoms with Crippen LogP contribution in [0.15, 0.2) is 39.9 Å². The van der Waals surface area contributed by atoms with Crippen LogP contribution < -0.4 is 5.56 Å². The molecule has 0 aliphatic heterocycles. The van der Waals surface area contributed by atoms with Crippen LogP contribution in [0.3, 0.4) is 0 Å². The lowest BCUT2D eigenvalue weighted by Gasteiger charge is -2.05. The SMILES string of the molecule is CCOC(=O)c1ccoc1Cn1cc([N+](=O)[O-])ccc1=O. The first-order chi connectivity index (χ1) is 10.0. The number of pyridine rings is 1. The molecule has 0 saturated heterocycles. The van der Waals surface area contributed by atoms with Gasteiger partial charge in [-0.3, -0.25) is 14.9 Å². The number of aromatic nitrogens is 1. The highest BCUT2D eigenvalue weighted by Crippen LogP contribution is 2.14. The van der Waals surface area contributed by atoms with E-state index in [2.05, 4.69) is 0 Å². The number of hydrogen-bond acceptors (Lipinski definition) is 6. The minimum Gasteiger partial charge on any atom is -0.467 e. The first-order valence-electron chi connectivity index (χ1n) is 6.11. The Bertz CT molecular complexity index is 730. The predicted molar refractivity (Wildman–Crippen MR) is 71.1 cm³/mol. The standard InChI is InChI=1S/C13H12N2O6/c1-2-20-13(17)10-5-6-21-11(10)8-14-7-9(15(18)19)3-4-12(14)16/h3-7H,2,8H2,1H3. The summed E-state index contributed by atoms with van der Waals surface area (Å²) >= 11 is 0. The Labute approximate surface area is 118 Å². The molecule has 0 atom stereocenters. The lowest BCUT2D eigenvalue weighted by atomic mass is 10.2. The maximum absolute atomic E-state index is 11.7. The highest BCUT2D eigenvalue weighted by Gasteiger charge is 2.17. The van der Waals surface area contributed by atoms with Crippen molar-refractivity contribution < 1.29 is 18.9 Å². The van der Waals surface area contributed by atoms with Gasteiger partial charge in [0.05, 0.1) is 30.5 Å². The van der Waals surface area contributed by atoms with Crippen molar-refractivity contribution in [1.29, 1.82) is 0 Å². The van der Waals surface area contributed by atoms with Gasteiger partial charge in [-0.2, -0.15) is 0 Å². The number of hydrogen-bond donors (Lipinski definition) is 0. The summed E-state index contributed by atoms with van der Waals surface area (Å²) in [6.45, 7) is 1.78. The van der Waals surface area contributed by atoms with Crippen molar-refractivity contribution in [3.05, 3.63) is 62.5 Å². The zero-order chi connectivity index (χ0) is 15.4. The fourth-order valence-electron chi connectivity index (χ4n) is 1.76. The van der Waals surface area contributed by atoms with Gasteiger partial charge in [-0.1, -0.05) is 0 Å². The molecular formula is C13H12N2O6. The minimum atomic E-state index is -0.607. The van der Waals surface area contributed by atoms with E-state index >= 15 is 0 Å². The Morgan fingerprint density at radius 2 is 2.19 bits per heavy atom. The summed E-state index contributed by atoms with van der Waals surface area (Å²) in [5.41, 5.74) is -0.471. The van der Waals surface area contributed by atoms with E-state index in [-0.39, 0.29) is 30.2 Å². The lowest BCUT2D eigenvalue weighted by Crippen LogP contribution is -2.20. The molecule has 0 bridgehead atoms. The van der Waals surface area contributed by atoms with Gasteiger partial charge in [0.1, 0.15) is 11.3 Å². The van der Waals surface area contributed by atoms with Crippen LogP contribution >= 0.6 is 0 Å². The van der Waals surface area contributed by atoms with Gasteiger partial charge in [-0.05, 0) is 13.0 Å². The summed E-state index contributed by atoms with van der Waals surface area (Å²) in [6.07, 6.45) is 2.39. The topological polar surface area (TPSA) is 105 Å². The van der Waals surface area contributed by atoms with E-state index in [9.17, 15) is 19.7 Å². The summed E-state index contributed by atoms with van der Waals surface area (Å²) in [5.74, 6) is -0.365. The molecule has 0 aliphatic rings. The molecule has 2 aromatic heterocycles. The number of esters is 1. The molecule has 0 unspecified atom stereocenters. The average molecular weight is 292 g/mol. The quantitative estimate of drug-likeness (QED) is 0.470. The molecule has 2 rings (SSSR count). The summed E-state index contributed by atoms with van der Waals surface area (Å²) in [6, 6.07) is 3.63. The van der Waals surface area contributed by atoms with Crippen molar-refractivity contribution >= 4 is 11.7 Å². The zero-order valence-corrected chi connectivity index (χ0v) is 11.1. The Morgan fingerprint density at radius 3 is 2.86 bits per heavy atom. The van der Waals surface area contributed by atoms with Crippen LogP contribution in [0.25, 0.3) is 0 Å². The zero-order valence-electron chi connectivity index (χ0n) is 11.1. The molecule has 2 heterocycles. The first-order valence-corrected chi connectivity index (χ1v) is 6.11. The fraction of sp³-hybridized carbons (Fsp3) is 0.231. The maximum atomic E-state index is 11.7. The van der Waals surface area contributed by atoms with Crippen LogP contribution in [0.1, 0.15) is 23.0 Å². The molecule has 110 valence electrons. The second-order valence-corrected chi connectivity index (χ2v) is 4.09. The van der Waals surface area contributed by atoms with Gasteiger partial charge in [-0.25, -0.2) is 4.79 Å². The van der Waals surface area contributed by atoms with E-state index in [0.717, 1.165) is 22.9 Å². The Hall–Kier alpha value is -2.90. The van der Waals surface area contributed by atoms with Gasteiger partial charge in [0.15, 0.2) is 0 Å². The molecule has 8 heteroatoms. The fourth-order valence-corrected chi connectivity index (χ4v) is 1.76. The second-order valence-electron chi connectivity index (χ2n) is 4.09. The van der Waals surface area contributed by atoms with Crippen molar-refractivity contribution in [2.75, 3.05) is 6.61 Å². The molecule has 8 nitrogen and oxygen atoms in total. The summed E-state index contributed by atoms with van der Waals surface area (Å²) in [7, 11) is 0. The molecule has 0 saturated carbocycles. The van der Waals surface area contributed by atoms with Crippen LogP contribution in [-0.2, 0) is 11.3 Å². The molecule has 2 aromatic rings. The highest BCUT2D eigenvalue weighted by molar-refractivity contribution is 5.90. The molecule has 0 fully saturated rings. The third kappa shape index (κ3) is 3.16. The van der Waals surface area contributed by atoms with Crippen LogP contribution in [0.2, 0.25) is 0 Å². The molecule has 0 aromatic carbocycles. The number of carbonyl (C=O) groups is 1. The number of nitrogens with zero attached hydrogens (tertiary/aromatic N) is 2. The Morgan fingerprint density at radius 1 is 1.43 bits per heavy atom. The Kier molecular flexibility index (Phi) is 4.17. The van der Waals surface area contributed by atoms with E-state index in [1.807, 2.05) is 0 Å². The van der Waals surface area contributed by atoms with Crippen LogP contribution in [-0.4, -0.2) is 22.1 Å². The lowest BCUT2D eigenvalue weighted by molar-refractivity contribution is -0.385. The molecule has 0 amide bonds. The van der Waals surface area contributed by atoms with Crippen molar-refractivity contribution in [3.63, 3.8) is 0 Å². The van der Waals surface area contributed by atoms with Crippen molar-refractivity contribution in [1.82, 2.24) is 4.57 Å². The van der Waals surface area contributed by atoms with Crippen LogP contribution in [0.5, 0.6) is 0 Å². The number of nitro groups is 1. The Balaban J connectivity index is 2.33. The largest absolute Gasteiger partial charge is 0.467 e. The van der Waals surface area contributed by atoms with Crippen molar-refractivity contribution in [2.45, 2.75) is 13.5 Å². The van der Waals surface area contributed by atoms with Crippen LogP contribution in [0.4, 0.5) is 5.69 Å². The van der Waals surface area contributed by atoms with E-state index in [1.165, 1.54) is 12.3 Å². The van der Waals surface area contributed by atoms with Gasteiger partial charge in [-0.15, -0.1) is 0 Å². The predicted octanol–water partition coefficient (Wildman–Crippen LogP) is 1.57. The minimum absolute atomic E-state index is 0.0956. The van der Waals surface area contributed by atoms with Gasteiger partial charge in [0, 0.05) is 12.1 Å². The van der Waals surface area contributed by atoms with Gasteiger partial charge in [0.25, 0.3) is 11.2 Å². The normalized spacial score (nSPS) is 10.3. The average Bonchev–Trinajstić information content (AvgIpc) is 2.89. The second kappa shape index (κ2) is 6.04. The smallest absolute Gasteiger partial charge is 0.341 e. The maximum Gasteiger partial charge on any atom is 0.341 e. The third-order valence-electron chi connectivity index (χ3n) is 2.73. The summed E-state index contributed by atoms with van der Waals surface area (Å²) < 4.78 is 11.1. The van der Waals surface area contributed by atoms with E-state index in [4.69, 9.17) is 9.15 Å². The first kappa shape index (κ1) is 14.5. The number of furan rings is 1. The van der Waals surface area contributed by atoms with E-state index < -0.39 is 16.5 Å². The molecular weight excluding hydrogens is 280 g/mol. The molecule has 0 spiro atoms. The van der Waals surface area contributed by atoms with Gasteiger partial charge in [0.2, 0.25) is 0 Å². The van der Waals surface area contributed by atoms with Crippen molar-refractivity contribution in [3.8, 4) is 0 Å². The summed E-state index contributed by atoms with van der Waals surface area (Å²) in [5, 5.41) is 10.7. The van der Waals surface area contributed by atoms with Crippen LogP contribution in [0, 0.1) is 10.1 Å². The van der Waals surface area contributed by atoms with Gasteiger partial charge >= 0.3 is 5.97 Å². The number of rotatable bonds is 5. The molecule has 0 N–H and O–H groups in total. The molecule has 21 heavy (non-hydrogen) atoms. The monoisotopic (exact) mass is 292 g/mol.